The monoisotopic (exact) mass is 289 g/mol. The van der Waals surface area contributed by atoms with Crippen molar-refractivity contribution in [1.29, 1.82) is 0 Å². The zero-order valence-corrected chi connectivity index (χ0v) is 14.3. The third-order valence-corrected chi connectivity index (χ3v) is 5.65. The van der Waals surface area contributed by atoms with Gasteiger partial charge in [0.1, 0.15) is 0 Å². The quantitative estimate of drug-likeness (QED) is 0.871. The third-order valence-electron chi connectivity index (χ3n) is 5.65. The summed E-state index contributed by atoms with van der Waals surface area (Å²) in [7, 11) is 6.56. The van der Waals surface area contributed by atoms with Gasteiger partial charge in [-0.2, -0.15) is 0 Å². The first-order valence-electron chi connectivity index (χ1n) is 8.39. The molecule has 1 aromatic rings. The maximum Gasteiger partial charge on any atom is 0.0482 e. The molecule has 0 spiro atoms. The lowest BCUT2D eigenvalue weighted by Gasteiger charge is -2.49. The lowest BCUT2D eigenvalue weighted by atomic mass is 9.71. The molecule has 0 radical (unpaired) electrons. The van der Waals surface area contributed by atoms with Gasteiger partial charge in [-0.25, -0.2) is 0 Å². The Morgan fingerprint density at radius 2 is 2.10 bits per heavy atom. The van der Waals surface area contributed by atoms with E-state index < -0.39 is 0 Å². The fourth-order valence-corrected chi connectivity index (χ4v) is 4.41. The average molecular weight is 289 g/mol. The van der Waals surface area contributed by atoms with E-state index in [2.05, 4.69) is 57.3 Å². The molecule has 3 heteroatoms. The summed E-state index contributed by atoms with van der Waals surface area (Å²) in [5, 5.41) is 3.66. The van der Waals surface area contributed by atoms with Gasteiger partial charge in [0.25, 0.3) is 0 Å². The summed E-state index contributed by atoms with van der Waals surface area (Å²) in [5.41, 5.74) is 2.97. The van der Waals surface area contributed by atoms with E-state index in [9.17, 15) is 0 Å². The number of fused-ring (bicyclic) bond motifs is 1. The maximum absolute atomic E-state index is 4.75. The van der Waals surface area contributed by atoms with Crippen LogP contribution in [0.2, 0.25) is 0 Å². The molecule has 118 valence electrons. The minimum absolute atomic E-state index is 0.186. The van der Waals surface area contributed by atoms with Gasteiger partial charge in [-0.05, 0) is 64.9 Å². The van der Waals surface area contributed by atoms with Crippen LogP contribution in [0.4, 0.5) is 0 Å². The standard InChI is InChI=1S/C18H31N3/c1-6-18(7-2,21(4)5)17(19-3)15-12-8-10-14-11-9-13-20-16(14)15/h9,11,13,15,17,19H,6-8,10,12H2,1-5H3. The fourth-order valence-electron chi connectivity index (χ4n) is 4.41. The molecule has 1 heterocycles. The molecule has 1 aliphatic rings. The number of likely N-dealkylation sites (N-methyl/N-ethyl adjacent to an activating group) is 2. The Balaban J connectivity index is 2.42. The predicted molar refractivity (Wildman–Crippen MR) is 89.8 cm³/mol. The van der Waals surface area contributed by atoms with Gasteiger partial charge in [0.2, 0.25) is 0 Å². The van der Waals surface area contributed by atoms with Crippen LogP contribution >= 0.6 is 0 Å². The van der Waals surface area contributed by atoms with Crippen molar-refractivity contribution in [2.45, 2.75) is 63.5 Å². The van der Waals surface area contributed by atoms with Crippen LogP contribution in [0.1, 0.15) is 56.7 Å². The molecule has 0 saturated carbocycles. The van der Waals surface area contributed by atoms with Crippen LogP contribution in [0, 0.1) is 0 Å². The van der Waals surface area contributed by atoms with Gasteiger partial charge in [-0.3, -0.25) is 4.98 Å². The van der Waals surface area contributed by atoms with Crippen LogP contribution in [0.15, 0.2) is 18.3 Å². The van der Waals surface area contributed by atoms with Crippen LogP contribution in [0.5, 0.6) is 0 Å². The van der Waals surface area contributed by atoms with Gasteiger partial charge in [0.15, 0.2) is 0 Å². The van der Waals surface area contributed by atoms with Gasteiger partial charge < -0.3 is 10.2 Å². The van der Waals surface area contributed by atoms with Gasteiger partial charge in [-0.1, -0.05) is 19.9 Å². The second kappa shape index (κ2) is 6.89. The van der Waals surface area contributed by atoms with Crippen LogP contribution in [0.3, 0.4) is 0 Å². The van der Waals surface area contributed by atoms with E-state index in [0.29, 0.717) is 12.0 Å². The summed E-state index contributed by atoms with van der Waals surface area (Å²) in [6.07, 6.45) is 7.97. The van der Waals surface area contributed by atoms with Crippen LogP contribution in [-0.2, 0) is 6.42 Å². The van der Waals surface area contributed by atoms with Crippen LogP contribution in [0.25, 0.3) is 0 Å². The molecule has 0 fully saturated rings. The van der Waals surface area contributed by atoms with Crippen molar-refractivity contribution in [1.82, 2.24) is 15.2 Å². The first-order chi connectivity index (χ1) is 10.1. The smallest absolute Gasteiger partial charge is 0.0482 e. The first kappa shape index (κ1) is 16.4. The van der Waals surface area contributed by atoms with Crippen LogP contribution < -0.4 is 5.32 Å². The van der Waals surface area contributed by atoms with E-state index in [0.717, 1.165) is 12.8 Å². The second-order valence-electron chi connectivity index (χ2n) is 6.52. The van der Waals surface area contributed by atoms with E-state index in [4.69, 9.17) is 4.98 Å². The van der Waals surface area contributed by atoms with E-state index in [-0.39, 0.29) is 5.54 Å². The van der Waals surface area contributed by atoms with Crippen molar-refractivity contribution in [3.63, 3.8) is 0 Å². The Labute approximate surface area is 130 Å². The summed E-state index contributed by atoms with van der Waals surface area (Å²) >= 11 is 0. The molecule has 0 aliphatic heterocycles. The number of pyridine rings is 1. The van der Waals surface area contributed by atoms with E-state index >= 15 is 0 Å². The molecule has 1 aromatic heterocycles. The molecular weight excluding hydrogens is 258 g/mol. The maximum atomic E-state index is 4.75. The Morgan fingerprint density at radius 1 is 1.38 bits per heavy atom. The van der Waals surface area contributed by atoms with Gasteiger partial charge in [0.05, 0.1) is 0 Å². The van der Waals surface area contributed by atoms with Crippen molar-refractivity contribution >= 4 is 0 Å². The predicted octanol–water partition coefficient (Wildman–Crippen LogP) is 3.21. The highest BCUT2D eigenvalue weighted by Crippen LogP contribution is 2.40. The summed E-state index contributed by atoms with van der Waals surface area (Å²) < 4.78 is 0. The number of rotatable bonds is 6. The highest BCUT2D eigenvalue weighted by molar-refractivity contribution is 5.29. The zero-order valence-electron chi connectivity index (χ0n) is 14.3. The Hall–Kier alpha value is -0.930. The van der Waals surface area contributed by atoms with E-state index in [1.54, 1.807) is 0 Å². The molecule has 0 bridgehead atoms. The number of hydrogen-bond donors (Lipinski definition) is 1. The van der Waals surface area contributed by atoms with Gasteiger partial charge in [0, 0.05) is 29.4 Å². The fraction of sp³-hybridized carbons (Fsp3) is 0.722. The summed E-state index contributed by atoms with van der Waals surface area (Å²) in [5.74, 6) is 0.516. The Kier molecular flexibility index (Phi) is 5.39. The lowest BCUT2D eigenvalue weighted by Crippen LogP contribution is -2.60. The zero-order chi connectivity index (χ0) is 15.5. The Bertz CT molecular complexity index is 452. The molecular formula is C18H31N3. The highest BCUT2D eigenvalue weighted by atomic mass is 15.2. The first-order valence-corrected chi connectivity index (χ1v) is 8.39. The normalized spacial score (nSPS) is 20.4. The molecule has 1 N–H and O–H groups in total. The van der Waals surface area contributed by atoms with Crippen molar-refractivity contribution in [3.05, 3.63) is 29.6 Å². The number of hydrogen-bond acceptors (Lipinski definition) is 3. The largest absolute Gasteiger partial charge is 0.315 e. The topological polar surface area (TPSA) is 28.2 Å². The van der Waals surface area contributed by atoms with Crippen molar-refractivity contribution < 1.29 is 0 Å². The molecule has 2 rings (SSSR count). The van der Waals surface area contributed by atoms with Gasteiger partial charge >= 0.3 is 0 Å². The average Bonchev–Trinajstić information content (AvgIpc) is 2.52. The SMILES string of the molecule is CCC(CC)(C(NC)C1CCCc2cccnc21)N(C)C. The highest BCUT2D eigenvalue weighted by Gasteiger charge is 2.43. The molecule has 3 nitrogen and oxygen atoms in total. The van der Waals surface area contributed by atoms with Crippen molar-refractivity contribution in [3.8, 4) is 0 Å². The van der Waals surface area contributed by atoms with E-state index in [1.807, 2.05) is 6.20 Å². The summed E-state index contributed by atoms with van der Waals surface area (Å²) in [4.78, 5) is 7.17. The number of aromatic nitrogens is 1. The Morgan fingerprint density at radius 3 is 2.67 bits per heavy atom. The molecule has 2 atom stereocenters. The molecule has 0 saturated heterocycles. The summed E-state index contributed by atoms with van der Waals surface area (Å²) in [6, 6.07) is 4.78. The molecule has 2 unspecified atom stereocenters. The number of nitrogens with one attached hydrogen (secondary N) is 1. The lowest BCUT2D eigenvalue weighted by molar-refractivity contribution is 0.0746. The molecule has 0 amide bonds. The van der Waals surface area contributed by atoms with Gasteiger partial charge in [-0.15, -0.1) is 0 Å². The minimum atomic E-state index is 0.186. The molecule has 1 aliphatic carbocycles. The molecule has 0 aromatic carbocycles. The van der Waals surface area contributed by atoms with Crippen molar-refractivity contribution in [2.75, 3.05) is 21.1 Å². The third kappa shape index (κ3) is 2.86. The van der Waals surface area contributed by atoms with Crippen molar-refractivity contribution in [2.24, 2.45) is 0 Å². The minimum Gasteiger partial charge on any atom is -0.315 e. The van der Waals surface area contributed by atoms with E-state index in [1.165, 1.54) is 30.5 Å². The number of nitrogens with zero attached hydrogens (tertiary/aromatic N) is 2. The summed E-state index contributed by atoms with van der Waals surface area (Å²) in [6.45, 7) is 4.63. The second-order valence-corrected chi connectivity index (χ2v) is 6.52. The van der Waals surface area contributed by atoms with Crippen LogP contribution in [-0.4, -0.2) is 42.6 Å². The molecule has 21 heavy (non-hydrogen) atoms. The number of aryl methyl sites for hydroxylation is 1.